The summed E-state index contributed by atoms with van der Waals surface area (Å²) in [5.74, 6) is -1.46. The van der Waals surface area contributed by atoms with E-state index in [1.54, 1.807) is 35.7 Å². The van der Waals surface area contributed by atoms with Crippen LogP contribution in [0, 0.1) is 5.92 Å². The zero-order valence-corrected chi connectivity index (χ0v) is 14.9. The first-order chi connectivity index (χ1) is 11.7. The maximum absolute atomic E-state index is 12.6. The number of carbonyl (C=O) groups excluding carboxylic acids is 2. The van der Waals surface area contributed by atoms with Gasteiger partial charge in [0.05, 0.1) is 6.61 Å². The molecule has 1 aliphatic rings. The van der Waals surface area contributed by atoms with E-state index in [1.807, 2.05) is 47.2 Å². The minimum absolute atomic E-state index is 0.149. The summed E-state index contributed by atoms with van der Waals surface area (Å²) in [4.78, 5) is 27.1. The van der Waals surface area contributed by atoms with Gasteiger partial charge in [-0.3, -0.25) is 9.59 Å². The molecule has 2 unspecified atom stereocenters. The molecule has 0 N–H and O–H groups in total. The maximum atomic E-state index is 12.6. The molecule has 0 spiro atoms. The zero-order chi connectivity index (χ0) is 16.9. The van der Waals surface area contributed by atoms with Crippen molar-refractivity contribution in [3.8, 4) is 0 Å². The molecule has 0 aliphatic heterocycles. The normalized spacial score (nSPS) is 21.0. The van der Waals surface area contributed by atoms with Crippen molar-refractivity contribution < 1.29 is 14.3 Å². The van der Waals surface area contributed by atoms with Crippen LogP contribution in [0.1, 0.15) is 29.0 Å². The Morgan fingerprint density at radius 1 is 1.25 bits per heavy atom. The van der Waals surface area contributed by atoms with Crippen LogP contribution in [0.2, 0.25) is 0 Å². The lowest BCUT2D eigenvalue weighted by molar-refractivity contribution is -0.151. The molecule has 0 fully saturated rings. The van der Waals surface area contributed by atoms with Gasteiger partial charge in [-0.2, -0.15) is 0 Å². The van der Waals surface area contributed by atoms with Crippen molar-refractivity contribution in [3.05, 3.63) is 62.5 Å². The van der Waals surface area contributed by atoms with E-state index in [9.17, 15) is 9.59 Å². The van der Waals surface area contributed by atoms with Crippen molar-refractivity contribution >= 4 is 40.5 Å². The number of carbonyl (C=O) groups is 2. The highest BCUT2D eigenvalue weighted by Crippen LogP contribution is 2.39. The summed E-state index contributed by atoms with van der Waals surface area (Å²) in [7, 11) is 0. The smallest absolute Gasteiger partial charge is 0.317 e. The Hall–Kier alpha value is -1.98. The SMILES string of the molecule is CCOC(=O)C1C(=O)C=C(/C=C\c2cccs2)CC1c1cccs1. The van der Waals surface area contributed by atoms with Crippen molar-refractivity contribution in [2.24, 2.45) is 5.92 Å². The van der Waals surface area contributed by atoms with Gasteiger partial charge >= 0.3 is 5.97 Å². The molecule has 0 bridgehead atoms. The number of hydrogen-bond donors (Lipinski definition) is 0. The average Bonchev–Trinajstić information content (AvgIpc) is 3.26. The second-order valence-corrected chi connectivity index (χ2v) is 7.48. The predicted octanol–water partition coefficient (Wildman–Crippen LogP) is 4.69. The van der Waals surface area contributed by atoms with Crippen LogP contribution in [0.15, 0.2) is 52.8 Å². The number of rotatable bonds is 5. The van der Waals surface area contributed by atoms with E-state index in [-0.39, 0.29) is 18.3 Å². The Bertz CT molecular complexity index is 755. The van der Waals surface area contributed by atoms with Crippen LogP contribution in [0.5, 0.6) is 0 Å². The van der Waals surface area contributed by atoms with Crippen LogP contribution in [0.25, 0.3) is 6.08 Å². The Kier molecular flexibility index (Phi) is 5.43. The number of hydrogen-bond acceptors (Lipinski definition) is 5. The molecule has 0 aromatic carbocycles. The quantitative estimate of drug-likeness (QED) is 0.575. The Labute approximate surface area is 149 Å². The molecule has 2 aromatic rings. The summed E-state index contributed by atoms with van der Waals surface area (Å²) in [6.45, 7) is 2.05. The van der Waals surface area contributed by atoms with Crippen LogP contribution in [-0.4, -0.2) is 18.4 Å². The van der Waals surface area contributed by atoms with E-state index < -0.39 is 11.9 Å². The molecule has 0 radical (unpaired) electrons. The molecule has 3 nitrogen and oxygen atoms in total. The fourth-order valence-electron chi connectivity index (χ4n) is 2.87. The third kappa shape index (κ3) is 3.74. The first-order valence-corrected chi connectivity index (χ1v) is 9.61. The molecule has 1 aliphatic carbocycles. The third-order valence-corrected chi connectivity index (χ3v) is 5.79. The van der Waals surface area contributed by atoms with E-state index in [2.05, 4.69) is 0 Å². The number of ether oxygens (including phenoxy) is 1. The highest BCUT2D eigenvalue weighted by Gasteiger charge is 2.39. The van der Waals surface area contributed by atoms with Gasteiger partial charge in [-0.05, 0) is 54.0 Å². The van der Waals surface area contributed by atoms with Crippen LogP contribution in [-0.2, 0) is 14.3 Å². The number of ketones is 1. The van der Waals surface area contributed by atoms with Gasteiger partial charge in [0.25, 0.3) is 0 Å². The Morgan fingerprint density at radius 2 is 2.04 bits per heavy atom. The highest BCUT2D eigenvalue weighted by atomic mass is 32.1. The monoisotopic (exact) mass is 358 g/mol. The third-order valence-electron chi connectivity index (χ3n) is 3.95. The van der Waals surface area contributed by atoms with Gasteiger partial charge in [-0.25, -0.2) is 0 Å². The van der Waals surface area contributed by atoms with E-state index in [1.165, 1.54) is 0 Å². The minimum Gasteiger partial charge on any atom is -0.465 e. The lowest BCUT2D eigenvalue weighted by Gasteiger charge is -2.27. The number of esters is 1. The molecule has 2 heterocycles. The minimum atomic E-state index is -0.734. The molecule has 0 amide bonds. The van der Waals surface area contributed by atoms with Gasteiger partial charge in [0.2, 0.25) is 0 Å². The largest absolute Gasteiger partial charge is 0.465 e. The molecule has 0 saturated carbocycles. The fraction of sp³-hybridized carbons (Fsp3) is 0.263. The summed E-state index contributed by atoms with van der Waals surface area (Å²) in [6.07, 6.45) is 6.25. The van der Waals surface area contributed by atoms with Crippen molar-refractivity contribution in [2.75, 3.05) is 6.61 Å². The van der Waals surface area contributed by atoms with Crippen LogP contribution in [0.3, 0.4) is 0 Å². The standard InChI is InChI=1S/C19H18O3S2/c1-2-22-19(21)18-15(17-6-4-10-24-17)11-13(12-16(18)20)7-8-14-5-3-9-23-14/h3-10,12,15,18H,2,11H2,1H3/b8-7-. The van der Waals surface area contributed by atoms with Crippen LogP contribution >= 0.6 is 22.7 Å². The predicted molar refractivity (Wildman–Crippen MR) is 98.2 cm³/mol. The molecule has 124 valence electrons. The first kappa shape index (κ1) is 16.9. The van der Waals surface area contributed by atoms with E-state index >= 15 is 0 Å². The van der Waals surface area contributed by atoms with Crippen molar-refractivity contribution in [1.29, 1.82) is 0 Å². The molecular weight excluding hydrogens is 340 g/mol. The molecule has 24 heavy (non-hydrogen) atoms. The number of allylic oxidation sites excluding steroid dienone is 3. The summed E-state index contributed by atoms with van der Waals surface area (Å²) in [5.41, 5.74) is 0.951. The summed E-state index contributed by atoms with van der Waals surface area (Å²) >= 11 is 3.23. The Morgan fingerprint density at radius 3 is 2.71 bits per heavy atom. The van der Waals surface area contributed by atoms with Gasteiger partial charge < -0.3 is 4.74 Å². The van der Waals surface area contributed by atoms with Gasteiger partial charge in [0.15, 0.2) is 5.78 Å². The van der Waals surface area contributed by atoms with Crippen LogP contribution < -0.4 is 0 Å². The molecule has 2 aromatic heterocycles. The van der Waals surface area contributed by atoms with E-state index in [4.69, 9.17) is 4.74 Å². The second-order valence-electron chi connectivity index (χ2n) is 5.53. The molecule has 3 rings (SSSR count). The fourth-order valence-corrected chi connectivity index (χ4v) is 4.36. The van der Waals surface area contributed by atoms with E-state index in [0.29, 0.717) is 6.42 Å². The van der Waals surface area contributed by atoms with Crippen molar-refractivity contribution in [1.82, 2.24) is 0 Å². The lowest BCUT2D eigenvalue weighted by atomic mass is 9.77. The molecular formula is C19H18O3S2. The van der Waals surface area contributed by atoms with Gasteiger partial charge in [0.1, 0.15) is 5.92 Å². The van der Waals surface area contributed by atoms with Gasteiger partial charge in [0, 0.05) is 15.7 Å². The summed E-state index contributed by atoms with van der Waals surface area (Å²) in [6, 6.07) is 7.97. The van der Waals surface area contributed by atoms with E-state index in [0.717, 1.165) is 15.3 Å². The van der Waals surface area contributed by atoms with Gasteiger partial charge in [-0.1, -0.05) is 18.2 Å². The molecule has 0 saturated heterocycles. The maximum Gasteiger partial charge on any atom is 0.317 e. The van der Waals surface area contributed by atoms with Crippen molar-refractivity contribution in [2.45, 2.75) is 19.3 Å². The average molecular weight is 358 g/mol. The first-order valence-electron chi connectivity index (χ1n) is 7.85. The number of thiophene rings is 2. The highest BCUT2D eigenvalue weighted by molar-refractivity contribution is 7.10. The molecule has 5 heteroatoms. The Balaban J connectivity index is 1.88. The van der Waals surface area contributed by atoms with Gasteiger partial charge in [-0.15, -0.1) is 22.7 Å². The lowest BCUT2D eigenvalue weighted by Crippen LogP contribution is -2.33. The summed E-state index contributed by atoms with van der Waals surface area (Å²) in [5, 5.41) is 3.99. The van der Waals surface area contributed by atoms with Crippen LogP contribution in [0.4, 0.5) is 0 Å². The topological polar surface area (TPSA) is 43.4 Å². The second kappa shape index (κ2) is 7.73. The zero-order valence-electron chi connectivity index (χ0n) is 13.3. The van der Waals surface area contributed by atoms with Crippen molar-refractivity contribution in [3.63, 3.8) is 0 Å². The molecule has 2 atom stereocenters. The summed E-state index contributed by atoms with van der Waals surface area (Å²) < 4.78 is 5.13.